The predicted molar refractivity (Wildman–Crippen MR) is 114 cm³/mol. The van der Waals surface area contributed by atoms with Crippen LogP contribution in [0.2, 0.25) is 0 Å². The van der Waals surface area contributed by atoms with Crippen LogP contribution in [0.1, 0.15) is 67.0 Å². The van der Waals surface area contributed by atoms with Crippen molar-refractivity contribution in [2.24, 2.45) is 5.41 Å². The van der Waals surface area contributed by atoms with E-state index in [1.165, 1.54) is 4.90 Å². The number of hydrogen-bond acceptors (Lipinski definition) is 7. The fourth-order valence-corrected chi connectivity index (χ4v) is 3.51. The van der Waals surface area contributed by atoms with Crippen molar-refractivity contribution in [2.75, 3.05) is 18.9 Å². The Kier molecular flexibility index (Phi) is 5.28. The van der Waals surface area contributed by atoms with Crippen LogP contribution < -0.4 is 5.32 Å². The summed E-state index contributed by atoms with van der Waals surface area (Å²) < 4.78 is 10.5. The highest BCUT2D eigenvalue weighted by Gasteiger charge is 2.31. The summed E-state index contributed by atoms with van der Waals surface area (Å²) in [7, 11) is 1.59. The van der Waals surface area contributed by atoms with Gasteiger partial charge in [-0.2, -0.15) is 0 Å². The number of hydrogen-bond donors (Lipinski definition) is 1. The van der Waals surface area contributed by atoms with Crippen molar-refractivity contribution in [3.05, 3.63) is 34.8 Å². The average molecular weight is 425 g/mol. The molecule has 9 nitrogen and oxygen atoms in total. The lowest BCUT2D eigenvalue weighted by Gasteiger charge is -2.19. The quantitative estimate of drug-likeness (QED) is 0.640. The molecule has 0 aromatic carbocycles. The maximum Gasteiger partial charge on any atom is 0.259 e. The number of carbonyl (C=O) groups excluding carboxylic acids is 2. The van der Waals surface area contributed by atoms with E-state index in [1.807, 2.05) is 6.07 Å². The Hall–Kier alpha value is -3.23. The molecule has 0 saturated heterocycles. The van der Waals surface area contributed by atoms with Gasteiger partial charge < -0.3 is 19.3 Å². The molecular weight excluding hydrogens is 398 g/mol. The molecule has 0 unspecified atom stereocenters. The fourth-order valence-electron chi connectivity index (χ4n) is 3.51. The number of aromatic nitrogens is 3. The Bertz CT molecular complexity index is 1140. The first-order chi connectivity index (χ1) is 14.6. The second-order valence-electron chi connectivity index (χ2n) is 9.45. The smallest absolute Gasteiger partial charge is 0.259 e. The molecule has 1 aliphatic carbocycles. The molecule has 164 valence electrons. The van der Waals surface area contributed by atoms with Gasteiger partial charge in [0, 0.05) is 24.7 Å². The van der Waals surface area contributed by atoms with E-state index >= 15 is 0 Å². The first kappa shape index (κ1) is 21.0. The third-order valence-corrected chi connectivity index (χ3v) is 5.08. The molecule has 3 aromatic heterocycles. The second-order valence-corrected chi connectivity index (χ2v) is 9.45. The monoisotopic (exact) mass is 425 g/mol. The molecule has 31 heavy (non-hydrogen) atoms. The van der Waals surface area contributed by atoms with E-state index in [0.717, 1.165) is 18.5 Å². The molecule has 3 aromatic rings. The van der Waals surface area contributed by atoms with Crippen molar-refractivity contribution in [1.29, 1.82) is 0 Å². The van der Waals surface area contributed by atoms with E-state index in [4.69, 9.17) is 9.05 Å². The summed E-state index contributed by atoms with van der Waals surface area (Å²) in [6, 6.07) is 3.45. The Morgan fingerprint density at radius 2 is 1.94 bits per heavy atom. The number of likely N-dealkylation sites (N-methyl/N-ethyl adjacent to an activating group) is 1. The largest absolute Gasteiger partial charge is 0.360 e. The Labute approximate surface area is 180 Å². The predicted octanol–water partition coefficient (Wildman–Crippen LogP) is 3.70. The average Bonchev–Trinajstić information content (AvgIpc) is 3.35. The van der Waals surface area contributed by atoms with E-state index in [9.17, 15) is 9.59 Å². The molecule has 3 heterocycles. The number of carbonyl (C=O) groups is 2. The molecule has 1 aliphatic rings. The third-order valence-electron chi connectivity index (χ3n) is 5.08. The van der Waals surface area contributed by atoms with Gasteiger partial charge in [-0.05, 0) is 37.7 Å². The number of nitrogens with zero attached hydrogens (tertiary/aromatic N) is 4. The van der Waals surface area contributed by atoms with Crippen LogP contribution in [0, 0.1) is 12.3 Å². The van der Waals surface area contributed by atoms with E-state index in [-0.39, 0.29) is 23.8 Å². The van der Waals surface area contributed by atoms with E-state index in [0.29, 0.717) is 46.3 Å². The number of pyridine rings is 1. The van der Waals surface area contributed by atoms with Crippen molar-refractivity contribution < 1.29 is 18.6 Å². The summed E-state index contributed by atoms with van der Waals surface area (Å²) in [6.07, 6.45) is 2.73. The van der Waals surface area contributed by atoms with Crippen molar-refractivity contribution in [1.82, 2.24) is 20.2 Å². The molecule has 0 radical (unpaired) electrons. The highest BCUT2D eigenvalue weighted by atomic mass is 16.5. The van der Waals surface area contributed by atoms with Crippen LogP contribution in [0.25, 0.3) is 11.1 Å². The van der Waals surface area contributed by atoms with Crippen LogP contribution in [0.4, 0.5) is 5.82 Å². The van der Waals surface area contributed by atoms with Gasteiger partial charge in [0.05, 0.1) is 23.2 Å². The zero-order valence-electron chi connectivity index (χ0n) is 18.5. The number of amides is 2. The van der Waals surface area contributed by atoms with Gasteiger partial charge in [-0.1, -0.05) is 31.1 Å². The Morgan fingerprint density at radius 1 is 1.19 bits per heavy atom. The minimum absolute atomic E-state index is 0.0409. The molecule has 9 heteroatoms. The lowest BCUT2D eigenvalue weighted by molar-refractivity contribution is -0.116. The zero-order valence-corrected chi connectivity index (χ0v) is 18.5. The van der Waals surface area contributed by atoms with E-state index in [1.54, 1.807) is 20.0 Å². The van der Waals surface area contributed by atoms with Crippen molar-refractivity contribution in [2.45, 2.75) is 52.9 Å². The van der Waals surface area contributed by atoms with Crippen LogP contribution in [-0.4, -0.2) is 45.6 Å². The number of fused-ring (bicyclic) bond motifs is 1. The zero-order chi connectivity index (χ0) is 22.3. The lowest BCUT2D eigenvalue weighted by Crippen LogP contribution is -2.35. The maximum atomic E-state index is 13.4. The Morgan fingerprint density at radius 3 is 2.55 bits per heavy atom. The van der Waals surface area contributed by atoms with Gasteiger partial charge in [0.15, 0.2) is 5.82 Å². The Balaban J connectivity index is 1.62. The molecule has 0 atom stereocenters. The van der Waals surface area contributed by atoms with Crippen molar-refractivity contribution in [3.8, 4) is 0 Å². The maximum absolute atomic E-state index is 13.4. The van der Waals surface area contributed by atoms with Gasteiger partial charge >= 0.3 is 0 Å². The summed E-state index contributed by atoms with van der Waals surface area (Å²) in [5.41, 5.74) is 2.35. The van der Waals surface area contributed by atoms with Crippen molar-refractivity contribution in [3.63, 3.8) is 0 Å². The standard InChI is InChI=1S/C22H27N5O4/c1-12-8-17(26-30-12)24-18(28)11-27(5)21(29)14-9-15(13-6-7-13)23-20-19(14)16(25-31-20)10-22(2,3)4/h8-9,13H,6-7,10-11H2,1-5H3,(H,24,26,28). The van der Waals surface area contributed by atoms with Gasteiger partial charge in [0.25, 0.3) is 11.6 Å². The van der Waals surface area contributed by atoms with Crippen LogP contribution in [-0.2, 0) is 11.2 Å². The SMILES string of the molecule is Cc1cc(NC(=O)CN(C)C(=O)c2cc(C3CC3)nc3onc(CC(C)(C)C)c23)no1. The van der Waals surface area contributed by atoms with Gasteiger partial charge in [0.1, 0.15) is 5.76 Å². The second kappa shape index (κ2) is 7.79. The van der Waals surface area contributed by atoms with Crippen molar-refractivity contribution >= 4 is 28.7 Å². The first-order valence-electron chi connectivity index (χ1n) is 10.4. The van der Waals surface area contributed by atoms with Gasteiger partial charge in [-0.25, -0.2) is 4.98 Å². The van der Waals surface area contributed by atoms with Crippen LogP contribution in [0.5, 0.6) is 0 Å². The number of aryl methyl sites for hydroxylation is 1. The topological polar surface area (TPSA) is 114 Å². The van der Waals surface area contributed by atoms with E-state index < -0.39 is 0 Å². The van der Waals surface area contributed by atoms with Crippen LogP contribution >= 0.6 is 0 Å². The van der Waals surface area contributed by atoms with E-state index in [2.05, 4.69) is 41.4 Å². The van der Waals surface area contributed by atoms with Crippen LogP contribution in [0.15, 0.2) is 21.2 Å². The highest BCUT2D eigenvalue weighted by Crippen LogP contribution is 2.41. The molecule has 0 spiro atoms. The molecule has 1 saturated carbocycles. The third kappa shape index (κ3) is 4.76. The summed E-state index contributed by atoms with van der Waals surface area (Å²) in [5.74, 6) is 0.606. The molecule has 0 bridgehead atoms. The summed E-state index contributed by atoms with van der Waals surface area (Å²) in [4.78, 5) is 31.8. The summed E-state index contributed by atoms with van der Waals surface area (Å²) in [6.45, 7) is 7.90. The lowest BCUT2D eigenvalue weighted by atomic mass is 9.89. The molecule has 2 amide bonds. The molecular formula is C22H27N5O4. The summed E-state index contributed by atoms with van der Waals surface area (Å²) in [5, 5.41) is 11.2. The molecule has 4 rings (SSSR count). The van der Waals surface area contributed by atoms with Gasteiger partial charge in [0.2, 0.25) is 5.91 Å². The number of anilines is 1. The van der Waals surface area contributed by atoms with Gasteiger partial charge in [-0.15, -0.1) is 0 Å². The molecule has 0 aliphatic heterocycles. The van der Waals surface area contributed by atoms with Gasteiger partial charge in [-0.3, -0.25) is 9.59 Å². The minimum Gasteiger partial charge on any atom is -0.360 e. The fraction of sp³-hybridized carbons (Fsp3) is 0.500. The molecule has 1 fully saturated rings. The number of nitrogens with one attached hydrogen (secondary N) is 1. The van der Waals surface area contributed by atoms with Crippen LogP contribution in [0.3, 0.4) is 0 Å². The number of rotatable bonds is 6. The minimum atomic E-state index is -0.364. The first-order valence-corrected chi connectivity index (χ1v) is 10.4. The summed E-state index contributed by atoms with van der Waals surface area (Å²) >= 11 is 0. The highest BCUT2D eigenvalue weighted by molar-refractivity contribution is 6.07. The molecule has 1 N–H and O–H groups in total. The normalized spacial score (nSPS) is 14.1.